The van der Waals surface area contributed by atoms with E-state index in [1.54, 1.807) is 6.07 Å². The van der Waals surface area contributed by atoms with Crippen LogP contribution in [0.1, 0.15) is 30.5 Å². The van der Waals surface area contributed by atoms with E-state index in [1.807, 2.05) is 25.3 Å². The van der Waals surface area contributed by atoms with Crippen molar-refractivity contribution in [1.82, 2.24) is 0 Å². The lowest BCUT2D eigenvalue weighted by atomic mass is 9.76. The molecule has 4 rings (SSSR count). The van der Waals surface area contributed by atoms with Gasteiger partial charge < -0.3 is 14.4 Å². The van der Waals surface area contributed by atoms with Crippen LogP contribution in [-0.4, -0.2) is 24.8 Å². The van der Waals surface area contributed by atoms with Gasteiger partial charge in [-0.1, -0.05) is 18.2 Å². The van der Waals surface area contributed by atoms with Crippen LogP contribution in [0, 0.1) is 17.0 Å². The molecule has 6 nitrogen and oxygen atoms in total. The maximum absolute atomic E-state index is 11.7. The number of nitrogens with zero attached hydrogens (tertiary/aromatic N) is 2. The number of benzene rings is 2. The monoisotopic (exact) mass is 366 g/mol. The Morgan fingerprint density at radius 3 is 2.63 bits per heavy atom. The Kier molecular flexibility index (Phi) is 3.54. The lowest BCUT2D eigenvalue weighted by Gasteiger charge is -2.45. The number of methoxy groups -OCH3 is 1. The largest absolute Gasteiger partial charge is 0.496 e. The van der Waals surface area contributed by atoms with Gasteiger partial charge in [0.05, 0.1) is 23.5 Å². The molecular formula is C21H22N2O4. The van der Waals surface area contributed by atoms with Gasteiger partial charge in [-0.3, -0.25) is 10.1 Å². The summed E-state index contributed by atoms with van der Waals surface area (Å²) in [5.74, 6) is 0.705. The van der Waals surface area contributed by atoms with E-state index in [1.165, 1.54) is 13.2 Å². The van der Waals surface area contributed by atoms with E-state index in [0.717, 1.165) is 16.8 Å². The zero-order valence-electron chi connectivity index (χ0n) is 16.1. The van der Waals surface area contributed by atoms with E-state index < -0.39 is 16.1 Å². The van der Waals surface area contributed by atoms with E-state index in [-0.39, 0.29) is 11.4 Å². The van der Waals surface area contributed by atoms with Crippen molar-refractivity contribution < 1.29 is 14.4 Å². The Morgan fingerprint density at radius 2 is 2.00 bits per heavy atom. The fourth-order valence-electron chi connectivity index (χ4n) is 4.39. The molecule has 1 unspecified atom stereocenters. The fraction of sp³-hybridized carbons (Fsp3) is 0.333. The number of para-hydroxylation sites is 1. The van der Waals surface area contributed by atoms with Crippen molar-refractivity contribution in [2.24, 2.45) is 0 Å². The molecule has 0 aromatic heterocycles. The van der Waals surface area contributed by atoms with Crippen molar-refractivity contribution in [1.29, 1.82) is 0 Å². The molecule has 0 radical (unpaired) electrons. The molecule has 2 aromatic carbocycles. The molecule has 27 heavy (non-hydrogen) atoms. The summed E-state index contributed by atoms with van der Waals surface area (Å²) in [5.41, 5.74) is 2.69. The van der Waals surface area contributed by atoms with Crippen molar-refractivity contribution in [3.05, 3.63) is 63.2 Å². The van der Waals surface area contributed by atoms with Crippen LogP contribution in [-0.2, 0) is 5.41 Å². The molecule has 0 saturated heterocycles. The van der Waals surface area contributed by atoms with E-state index in [0.29, 0.717) is 11.3 Å². The maximum Gasteiger partial charge on any atom is 0.315 e. The lowest BCUT2D eigenvalue weighted by molar-refractivity contribution is -0.386. The van der Waals surface area contributed by atoms with Gasteiger partial charge in [0, 0.05) is 18.3 Å². The molecule has 0 aliphatic carbocycles. The lowest BCUT2D eigenvalue weighted by Crippen LogP contribution is -2.58. The van der Waals surface area contributed by atoms with E-state index in [4.69, 9.17) is 9.47 Å². The molecule has 2 aliphatic rings. The Labute approximate surface area is 158 Å². The third kappa shape index (κ3) is 2.13. The Hall–Kier alpha value is -3.02. The first kappa shape index (κ1) is 17.4. The summed E-state index contributed by atoms with van der Waals surface area (Å²) in [6, 6.07) is 9.37. The molecule has 0 N–H and O–H groups in total. The maximum atomic E-state index is 11.7. The highest BCUT2D eigenvalue weighted by Gasteiger charge is 2.58. The van der Waals surface area contributed by atoms with Gasteiger partial charge in [0.1, 0.15) is 5.75 Å². The zero-order valence-corrected chi connectivity index (χ0v) is 16.1. The van der Waals surface area contributed by atoms with E-state index >= 15 is 0 Å². The predicted molar refractivity (Wildman–Crippen MR) is 105 cm³/mol. The number of hydrogen-bond acceptors (Lipinski definition) is 5. The van der Waals surface area contributed by atoms with Crippen molar-refractivity contribution in [2.75, 3.05) is 19.1 Å². The molecule has 0 saturated carbocycles. The van der Waals surface area contributed by atoms with Crippen molar-refractivity contribution in [3.8, 4) is 11.5 Å². The highest BCUT2D eigenvalue weighted by Crippen LogP contribution is 2.56. The second-order valence-electron chi connectivity index (χ2n) is 7.61. The first-order valence-corrected chi connectivity index (χ1v) is 8.81. The molecule has 0 fully saturated rings. The quantitative estimate of drug-likeness (QED) is 0.581. The van der Waals surface area contributed by atoms with E-state index in [9.17, 15) is 10.1 Å². The highest BCUT2D eigenvalue weighted by molar-refractivity contribution is 5.76. The summed E-state index contributed by atoms with van der Waals surface area (Å²) in [6.45, 7) is 6.29. The second kappa shape index (κ2) is 5.49. The number of anilines is 1. The Bertz CT molecular complexity index is 996. The summed E-state index contributed by atoms with van der Waals surface area (Å²) in [6.07, 6.45) is 3.89. The van der Waals surface area contributed by atoms with Gasteiger partial charge in [-0.2, -0.15) is 0 Å². The van der Waals surface area contributed by atoms with Crippen molar-refractivity contribution >= 4 is 17.5 Å². The first-order valence-electron chi connectivity index (χ1n) is 8.81. The van der Waals surface area contributed by atoms with Crippen molar-refractivity contribution in [3.63, 3.8) is 0 Å². The van der Waals surface area contributed by atoms with Gasteiger partial charge in [0.25, 0.3) is 0 Å². The fourth-order valence-corrected chi connectivity index (χ4v) is 4.39. The molecule has 2 aromatic rings. The van der Waals surface area contributed by atoms with Crippen LogP contribution >= 0.6 is 0 Å². The van der Waals surface area contributed by atoms with Gasteiger partial charge in [0.2, 0.25) is 11.5 Å². The molecule has 2 heterocycles. The number of fused-ring (bicyclic) bond motifs is 2. The summed E-state index contributed by atoms with van der Waals surface area (Å²) >= 11 is 0. The SMILES string of the molecule is COc1cc2c(c([N+](=O)[O-])c1)OC1(C=C2)N(C)c2c(C)cccc2C1(C)C. The molecule has 1 atom stereocenters. The molecule has 1 spiro atoms. The van der Waals surface area contributed by atoms with Crippen LogP contribution < -0.4 is 14.4 Å². The topological polar surface area (TPSA) is 64.8 Å². The van der Waals surface area contributed by atoms with Gasteiger partial charge in [-0.15, -0.1) is 0 Å². The van der Waals surface area contributed by atoms with Crippen molar-refractivity contribution in [2.45, 2.75) is 31.9 Å². The van der Waals surface area contributed by atoms with Crippen LogP contribution in [0.25, 0.3) is 6.08 Å². The minimum absolute atomic E-state index is 0.0926. The minimum atomic E-state index is -0.853. The van der Waals surface area contributed by atoms with Crippen LogP contribution in [0.4, 0.5) is 11.4 Å². The number of nitro benzene ring substituents is 1. The summed E-state index contributed by atoms with van der Waals surface area (Å²) in [4.78, 5) is 13.4. The highest BCUT2D eigenvalue weighted by atomic mass is 16.6. The molecule has 140 valence electrons. The van der Waals surface area contributed by atoms with Gasteiger partial charge in [-0.25, -0.2) is 0 Å². The number of ether oxygens (including phenoxy) is 2. The zero-order chi connectivity index (χ0) is 19.6. The Balaban J connectivity index is 1.93. The van der Waals surface area contributed by atoms with Crippen LogP contribution in [0.5, 0.6) is 11.5 Å². The summed E-state index contributed by atoms with van der Waals surface area (Å²) in [5, 5.41) is 11.7. The van der Waals surface area contributed by atoms with Gasteiger partial charge >= 0.3 is 5.69 Å². The van der Waals surface area contributed by atoms with Gasteiger partial charge in [0.15, 0.2) is 0 Å². The van der Waals surface area contributed by atoms with Crippen LogP contribution in [0.3, 0.4) is 0 Å². The average Bonchev–Trinajstić information content (AvgIpc) is 2.80. The molecule has 6 heteroatoms. The standard InChI is InChI=1S/C21H22N2O4/c1-13-7-6-8-16-18(13)22(4)21(20(16,2)3)10-9-14-11-15(26-5)12-17(23(24)25)19(14)27-21/h6-12H,1-5H3. The van der Waals surface area contributed by atoms with E-state index in [2.05, 4.69) is 37.8 Å². The van der Waals surface area contributed by atoms with Gasteiger partial charge in [-0.05, 0) is 50.1 Å². The van der Waals surface area contributed by atoms with Crippen LogP contribution in [0.2, 0.25) is 0 Å². The number of aryl methyl sites for hydroxylation is 1. The predicted octanol–water partition coefficient (Wildman–Crippen LogP) is 4.44. The summed E-state index contributed by atoms with van der Waals surface area (Å²) in [7, 11) is 3.47. The number of hydrogen-bond donors (Lipinski definition) is 0. The number of likely N-dealkylation sites (N-methyl/N-ethyl adjacent to an activating group) is 1. The normalized spacial score (nSPS) is 21.6. The Morgan fingerprint density at radius 1 is 1.26 bits per heavy atom. The number of nitro groups is 1. The summed E-state index contributed by atoms with van der Waals surface area (Å²) < 4.78 is 11.7. The van der Waals surface area contributed by atoms with Crippen LogP contribution in [0.15, 0.2) is 36.4 Å². The molecule has 0 bridgehead atoms. The third-order valence-electron chi connectivity index (χ3n) is 5.89. The number of rotatable bonds is 2. The smallest absolute Gasteiger partial charge is 0.315 e. The third-order valence-corrected chi connectivity index (χ3v) is 5.89. The second-order valence-corrected chi connectivity index (χ2v) is 7.61. The molecular weight excluding hydrogens is 344 g/mol. The molecule has 2 aliphatic heterocycles. The average molecular weight is 366 g/mol. The first-order chi connectivity index (χ1) is 12.7. The molecule has 0 amide bonds. The minimum Gasteiger partial charge on any atom is -0.496 e.